The number of aryl methyl sites for hydroxylation is 1. The van der Waals surface area contributed by atoms with Crippen molar-refractivity contribution in [2.24, 2.45) is 13.0 Å². The van der Waals surface area contributed by atoms with Crippen LogP contribution in [0, 0.1) is 5.92 Å². The second-order valence-corrected chi connectivity index (χ2v) is 5.46. The zero-order chi connectivity index (χ0) is 15.7. The van der Waals surface area contributed by atoms with Gasteiger partial charge in [0.1, 0.15) is 0 Å². The van der Waals surface area contributed by atoms with E-state index in [4.69, 9.17) is 9.47 Å². The number of rotatable bonds is 5. The number of ether oxygens (including phenoxy) is 2. The van der Waals surface area contributed by atoms with Crippen molar-refractivity contribution in [2.75, 3.05) is 19.5 Å². The van der Waals surface area contributed by atoms with Gasteiger partial charge in [-0.25, -0.2) is 0 Å². The van der Waals surface area contributed by atoms with Gasteiger partial charge in [0.05, 0.1) is 20.4 Å². The van der Waals surface area contributed by atoms with Gasteiger partial charge in [-0.15, -0.1) is 0 Å². The fourth-order valence-electron chi connectivity index (χ4n) is 2.63. The molecule has 6 heteroatoms. The monoisotopic (exact) mass is 301 g/mol. The van der Waals surface area contributed by atoms with Gasteiger partial charge in [0.2, 0.25) is 5.91 Å². The van der Waals surface area contributed by atoms with Gasteiger partial charge in [-0.3, -0.25) is 9.48 Å². The second kappa shape index (κ2) is 5.71. The van der Waals surface area contributed by atoms with Crippen LogP contribution in [0.3, 0.4) is 0 Å². The summed E-state index contributed by atoms with van der Waals surface area (Å²) < 4.78 is 12.2. The molecule has 1 aromatic heterocycles. The number of amides is 1. The summed E-state index contributed by atoms with van der Waals surface area (Å²) in [5, 5.41) is 7.09. The fourth-order valence-corrected chi connectivity index (χ4v) is 2.63. The quantitative estimate of drug-likeness (QED) is 0.919. The zero-order valence-electron chi connectivity index (χ0n) is 12.9. The van der Waals surface area contributed by atoms with E-state index in [2.05, 4.69) is 10.4 Å². The fraction of sp³-hybridized carbons (Fsp3) is 0.375. The van der Waals surface area contributed by atoms with Crippen LogP contribution in [-0.4, -0.2) is 29.9 Å². The average molecular weight is 301 g/mol. The Bertz CT molecular complexity index is 696. The first-order valence-corrected chi connectivity index (χ1v) is 7.14. The summed E-state index contributed by atoms with van der Waals surface area (Å²) in [4.78, 5) is 12.3. The third kappa shape index (κ3) is 2.77. The Morgan fingerprint density at radius 3 is 2.73 bits per heavy atom. The molecule has 0 unspecified atom stereocenters. The Balaban J connectivity index is 1.65. The van der Waals surface area contributed by atoms with E-state index in [1.165, 1.54) is 0 Å². The topological polar surface area (TPSA) is 65.4 Å². The van der Waals surface area contributed by atoms with Gasteiger partial charge < -0.3 is 14.8 Å². The number of benzene rings is 1. The van der Waals surface area contributed by atoms with Crippen molar-refractivity contribution >= 4 is 11.6 Å². The van der Waals surface area contributed by atoms with Crippen molar-refractivity contribution < 1.29 is 14.3 Å². The molecule has 1 aliphatic carbocycles. The van der Waals surface area contributed by atoms with Gasteiger partial charge >= 0.3 is 0 Å². The van der Waals surface area contributed by atoms with Crippen molar-refractivity contribution in [3.8, 4) is 11.5 Å². The van der Waals surface area contributed by atoms with Gasteiger partial charge in [-0.05, 0) is 30.0 Å². The number of aromatic nitrogens is 2. The normalized spacial score (nSPS) is 19.6. The van der Waals surface area contributed by atoms with E-state index in [-0.39, 0.29) is 17.7 Å². The Hall–Kier alpha value is -2.50. The third-order valence-electron chi connectivity index (χ3n) is 3.93. The minimum Gasteiger partial charge on any atom is -0.493 e. The maximum absolute atomic E-state index is 12.3. The lowest BCUT2D eigenvalue weighted by Gasteiger charge is -2.10. The molecule has 116 valence electrons. The Morgan fingerprint density at radius 2 is 2.09 bits per heavy atom. The Morgan fingerprint density at radius 1 is 1.32 bits per heavy atom. The van der Waals surface area contributed by atoms with Crippen LogP contribution in [0.2, 0.25) is 0 Å². The molecule has 1 amide bonds. The molecule has 1 N–H and O–H groups in total. The Labute approximate surface area is 129 Å². The first-order valence-electron chi connectivity index (χ1n) is 7.14. The molecule has 0 bridgehead atoms. The van der Waals surface area contributed by atoms with Gasteiger partial charge in [0, 0.05) is 30.9 Å². The molecule has 1 aliphatic rings. The molecule has 0 saturated heterocycles. The van der Waals surface area contributed by atoms with Crippen molar-refractivity contribution in [1.82, 2.24) is 9.78 Å². The van der Waals surface area contributed by atoms with Crippen LogP contribution in [0.15, 0.2) is 30.6 Å². The van der Waals surface area contributed by atoms with Crippen molar-refractivity contribution in [3.63, 3.8) is 0 Å². The highest BCUT2D eigenvalue weighted by Gasteiger charge is 2.44. The van der Waals surface area contributed by atoms with Crippen LogP contribution >= 0.6 is 0 Å². The number of nitrogens with zero attached hydrogens (tertiary/aromatic N) is 2. The highest BCUT2D eigenvalue weighted by Crippen LogP contribution is 2.48. The van der Waals surface area contributed by atoms with E-state index in [9.17, 15) is 4.79 Å². The SMILES string of the molecule is COc1ccc(NC(=O)[C@@H]2C[C@@H]2c2cnn(C)c2)cc1OC. The van der Waals surface area contributed by atoms with E-state index in [1.54, 1.807) is 37.1 Å². The number of methoxy groups -OCH3 is 2. The van der Waals surface area contributed by atoms with Crippen LogP contribution in [0.4, 0.5) is 5.69 Å². The van der Waals surface area contributed by atoms with Gasteiger partial charge in [-0.2, -0.15) is 5.10 Å². The number of carbonyl (C=O) groups excluding carboxylic acids is 1. The molecule has 1 saturated carbocycles. The first-order chi connectivity index (χ1) is 10.6. The predicted molar refractivity (Wildman–Crippen MR) is 82.2 cm³/mol. The van der Waals surface area contributed by atoms with Crippen LogP contribution in [0.25, 0.3) is 0 Å². The van der Waals surface area contributed by atoms with Crippen LogP contribution in [0.5, 0.6) is 11.5 Å². The molecular formula is C16H19N3O3. The molecule has 3 rings (SSSR count). The molecule has 1 heterocycles. The number of nitrogens with one attached hydrogen (secondary N) is 1. The number of hydrogen-bond donors (Lipinski definition) is 1. The molecule has 2 aromatic rings. The van der Waals surface area contributed by atoms with E-state index in [0.717, 1.165) is 12.0 Å². The van der Waals surface area contributed by atoms with E-state index < -0.39 is 0 Å². The zero-order valence-corrected chi connectivity index (χ0v) is 12.9. The lowest BCUT2D eigenvalue weighted by Crippen LogP contribution is -2.14. The summed E-state index contributed by atoms with van der Waals surface area (Å²) in [5.41, 5.74) is 1.83. The van der Waals surface area contributed by atoms with Gasteiger partial charge in [0.25, 0.3) is 0 Å². The van der Waals surface area contributed by atoms with Crippen molar-refractivity contribution in [3.05, 3.63) is 36.2 Å². The molecule has 0 spiro atoms. The largest absolute Gasteiger partial charge is 0.493 e. The molecule has 0 radical (unpaired) electrons. The van der Waals surface area contributed by atoms with E-state index in [0.29, 0.717) is 17.2 Å². The van der Waals surface area contributed by atoms with Crippen molar-refractivity contribution in [2.45, 2.75) is 12.3 Å². The van der Waals surface area contributed by atoms with Crippen LogP contribution < -0.4 is 14.8 Å². The number of hydrogen-bond acceptors (Lipinski definition) is 4. The first kappa shape index (κ1) is 14.4. The summed E-state index contributed by atoms with van der Waals surface area (Å²) >= 11 is 0. The molecular weight excluding hydrogens is 282 g/mol. The summed E-state index contributed by atoms with van der Waals surface area (Å²) in [5.74, 6) is 1.55. The van der Waals surface area contributed by atoms with Crippen LogP contribution in [0.1, 0.15) is 17.9 Å². The summed E-state index contributed by atoms with van der Waals surface area (Å²) in [6.07, 6.45) is 4.66. The number of carbonyl (C=O) groups is 1. The molecule has 1 fully saturated rings. The van der Waals surface area contributed by atoms with Crippen molar-refractivity contribution in [1.29, 1.82) is 0 Å². The highest BCUT2D eigenvalue weighted by molar-refractivity contribution is 5.95. The minimum absolute atomic E-state index is 0.0114. The smallest absolute Gasteiger partial charge is 0.228 e. The van der Waals surface area contributed by atoms with Crippen LogP contribution in [-0.2, 0) is 11.8 Å². The standard InChI is InChI=1S/C16H19N3O3/c1-19-9-10(8-17-19)12-7-13(12)16(20)18-11-4-5-14(21-2)15(6-11)22-3/h4-6,8-9,12-13H,7H2,1-3H3,(H,18,20)/t12-,13-/m1/s1. The average Bonchev–Trinajstić information content (AvgIpc) is 3.22. The molecule has 22 heavy (non-hydrogen) atoms. The second-order valence-electron chi connectivity index (χ2n) is 5.46. The summed E-state index contributed by atoms with van der Waals surface area (Å²) in [6, 6.07) is 5.35. The van der Waals surface area contributed by atoms with Gasteiger partial charge in [0.15, 0.2) is 11.5 Å². The van der Waals surface area contributed by atoms with E-state index >= 15 is 0 Å². The maximum Gasteiger partial charge on any atom is 0.228 e. The molecule has 1 aromatic carbocycles. The predicted octanol–water partition coefficient (Wildman–Crippen LogP) is 2.18. The minimum atomic E-state index is 0.0114. The number of anilines is 1. The Kier molecular flexibility index (Phi) is 3.75. The molecule has 0 aliphatic heterocycles. The molecule has 2 atom stereocenters. The lowest BCUT2D eigenvalue weighted by atomic mass is 10.2. The highest BCUT2D eigenvalue weighted by atomic mass is 16.5. The van der Waals surface area contributed by atoms with Gasteiger partial charge in [-0.1, -0.05) is 0 Å². The summed E-state index contributed by atoms with van der Waals surface area (Å²) in [6.45, 7) is 0. The maximum atomic E-state index is 12.3. The molecule has 6 nitrogen and oxygen atoms in total. The summed E-state index contributed by atoms with van der Waals surface area (Å²) in [7, 11) is 5.03. The van der Waals surface area contributed by atoms with E-state index in [1.807, 2.05) is 19.4 Å². The lowest BCUT2D eigenvalue weighted by molar-refractivity contribution is -0.117. The third-order valence-corrected chi connectivity index (χ3v) is 3.93.